The third-order valence-corrected chi connectivity index (χ3v) is 6.64. The molecule has 3 aliphatic heterocycles. The van der Waals surface area contributed by atoms with Gasteiger partial charge in [-0.1, -0.05) is 50.5 Å². The number of aliphatic hydroxyl groups excluding tert-OH is 1. The molecule has 0 aromatic heterocycles. The molecule has 0 amide bonds. The van der Waals surface area contributed by atoms with Gasteiger partial charge in [0.1, 0.15) is 5.44 Å². The van der Waals surface area contributed by atoms with Crippen molar-refractivity contribution in [2.75, 3.05) is 7.11 Å². The number of carbonyl (C=O) groups is 1. The molecule has 5 atom stereocenters. The van der Waals surface area contributed by atoms with Crippen molar-refractivity contribution in [1.29, 1.82) is 0 Å². The van der Waals surface area contributed by atoms with E-state index < -0.39 is 0 Å². The number of unbranched alkanes of at least 4 members (excludes halogenated alkanes) is 3. The Morgan fingerprint density at radius 3 is 2.88 bits per heavy atom. The van der Waals surface area contributed by atoms with Crippen LogP contribution in [0.4, 0.5) is 0 Å². The average molecular weight is 383 g/mol. The van der Waals surface area contributed by atoms with Crippen LogP contribution in [0.2, 0.25) is 0 Å². The Kier molecular flexibility index (Phi) is 9.79. The summed E-state index contributed by atoms with van der Waals surface area (Å²) in [6.45, 7) is 2.18. The summed E-state index contributed by atoms with van der Waals surface area (Å²) in [6.07, 6.45) is 16.8. The van der Waals surface area contributed by atoms with Gasteiger partial charge in [-0.15, -0.1) is 11.8 Å². The molecule has 3 fully saturated rings. The van der Waals surface area contributed by atoms with Gasteiger partial charge in [0.15, 0.2) is 0 Å². The molecule has 0 aromatic carbocycles. The van der Waals surface area contributed by atoms with E-state index in [2.05, 4.69) is 29.9 Å². The number of hydrogen-bond donors (Lipinski definition) is 1. The molecule has 26 heavy (non-hydrogen) atoms. The highest BCUT2D eigenvalue weighted by molar-refractivity contribution is 8.01. The first-order valence-electron chi connectivity index (χ1n) is 10.0. The lowest BCUT2D eigenvalue weighted by Gasteiger charge is -2.49. The van der Waals surface area contributed by atoms with Crippen LogP contribution >= 0.6 is 11.8 Å². The summed E-state index contributed by atoms with van der Waals surface area (Å²) in [5.41, 5.74) is 0.340. The van der Waals surface area contributed by atoms with Gasteiger partial charge in [0, 0.05) is 17.6 Å². The van der Waals surface area contributed by atoms with Gasteiger partial charge in [-0.05, 0) is 32.1 Å². The van der Waals surface area contributed by atoms with Gasteiger partial charge >= 0.3 is 5.97 Å². The quantitative estimate of drug-likeness (QED) is 0.303. The zero-order valence-electron chi connectivity index (χ0n) is 16.1. The predicted octanol–water partition coefficient (Wildman–Crippen LogP) is 4.62. The van der Waals surface area contributed by atoms with Gasteiger partial charge in [-0.25, -0.2) is 0 Å². The number of hydrogen-bond acceptors (Lipinski definition) is 5. The summed E-state index contributed by atoms with van der Waals surface area (Å²) >= 11 is 1.94. The molecule has 0 aromatic rings. The van der Waals surface area contributed by atoms with Crippen molar-refractivity contribution in [3.8, 4) is 0 Å². The van der Waals surface area contributed by atoms with E-state index in [9.17, 15) is 9.90 Å². The number of carbonyl (C=O) groups excluding carboxylic acids is 1. The largest absolute Gasteiger partial charge is 0.469 e. The SMILES string of the molecule is CCCCC[C@H](O)C=CC1O[C@H]2CC(S2)[C@@H]1CC=CCCCC(=O)OC. The fourth-order valence-electron chi connectivity index (χ4n) is 3.47. The predicted molar refractivity (Wildman–Crippen MR) is 107 cm³/mol. The summed E-state index contributed by atoms with van der Waals surface area (Å²) in [6, 6.07) is 0. The molecule has 2 unspecified atom stereocenters. The number of ether oxygens (including phenoxy) is 2. The number of allylic oxidation sites excluding steroid dienone is 2. The molecule has 2 bridgehead atoms. The monoisotopic (exact) mass is 382 g/mol. The molecule has 0 spiro atoms. The second-order valence-corrected chi connectivity index (χ2v) is 8.63. The molecule has 148 valence electrons. The summed E-state index contributed by atoms with van der Waals surface area (Å²) in [5, 5.41) is 10.8. The molecule has 0 aliphatic carbocycles. The minimum atomic E-state index is -0.356. The highest BCUT2D eigenvalue weighted by Crippen LogP contribution is 2.50. The molecule has 4 nitrogen and oxygen atoms in total. The van der Waals surface area contributed by atoms with Crippen LogP contribution in [0.25, 0.3) is 0 Å². The van der Waals surface area contributed by atoms with E-state index in [0.717, 1.165) is 38.5 Å². The molecule has 0 radical (unpaired) electrons. The lowest BCUT2D eigenvalue weighted by Crippen LogP contribution is -2.49. The maximum absolute atomic E-state index is 11.1. The van der Waals surface area contributed by atoms with Gasteiger partial charge in [0.25, 0.3) is 0 Å². The maximum Gasteiger partial charge on any atom is 0.305 e. The number of thioether (sulfide) groups is 1. The molecule has 3 heterocycles. The van der Waals surface area contributed by atoms with Crippen LogP contribution in [0.1, 0.15) is 64.7 Å². The lowest BCUT2D eigenvalue weighted by atomic mass is 9.88. The van der Waals surface area contributed by atoms with Crippen LogP contribution in [0.5, 0.6) is 0 Å². The summed E-state index contributed by atoms with van der Waals surface area (Å²) in [4.78, 5) is 11.1. The van der Waals surface area contributed by atoms with E-state index in [0.29, 0.717) is 23.0 Å². The van der Waals surface area contributed by atoms with Gasteiger partial charge in [-0.3, -0.25) is 4.79 Å². The fourth-order valence-corrected chi connectivity index (χ4v) is 4.77. The summed E-state index contributed by atoms with van der Waals surface area (Å²) < 4.78 is 10.8. The van der Waals surface area contributed by atoms with Crippen LogP contribution in [0.3, 0.4) is 0 Å². The zero-order valence-corrected chi connectivity index (χ0v) is 17.0. The molecule has 0 saturated carbocycles. The number of rotatable bonds is 12. The van der Waals surface area contributed by atoms with E-state index in [1.807, 2.05) is 17.8 Å². The van der Waals surface area contributed by atoms with Crippen molar-refractivity contribution in [2.45, 2.75) is 87.6 Å². The van der Waals surface area contributed by atoms with Crippen molar-refractivity contribution in [2.24, 2.45) is 5.92 Å². The standard InChI is InChI=1S/C21H34O4S/c1-3-4-7-10-16(22)13-14-18-17(19-15-21(25-18)26-19)11-8-5-6-9-12-20(23)24-2/h5,8,13-14,16-19,21-22H,3-4,6-7,9-12,15H2,1-2H3/t16-,17+,18?,19?,21+/m0/s1. The Labute approximate surface area is 162 Å². The van der Waals surface area contributed by atoms with Crippen molar-refractivity contribution in [1.82, 2.24) is 0 Å². The minimum absolute atomic E-state index is 0.112. The van der Waals surface area contributed by atoms with Crippen LogP contribution in [0.15, 0.2) is 24.3 Å². The van der Waals surface area contributed by atoms with E-state index >= 15 is 0 Å². The Bertz CT molecular complexity index is 471. The molecule has 3 rings (SSSR count). The van der Waals surface area contributed by atoms with E-state index in [4.69, 9.17) is 4.74 Å². The first-order valence-corrected chi connectivity index (χ1v) is 11.0. The third kappa shape index (κ3) is 7.09. The third-order valence-electron chi connectivity index (χ3n) is 5.14. The Morgan fingerprint density at radius 1 is 1.35 bits per heavy atom. The highest BCUT2D eigenvalue weighted by atomic mass is 32.2. The van der Waals surface area contributed by atoms with Crippen molar-refractivity contribution >= 4 is 17.7 Å². The van der Waals surface area contributed by atoms with Gasteiger partial charge < -0.3 is 14.6 Å². The van der Waals surface area contributed by atoms with Crippen LogP contribution in [0, 0.1) is 5.92 Å². The van der Waals surface area contributed by atoms with Gasteiger partial charge in [-0.2, -0.15) is 0 Å². The second kappa shape index (κ2) is 11.8. The average Bonchev–Trinajstić information content (AvgIpc) is 2.62. The van der Waals surface area contributed by atoms with Gasteiger partial charge in [0.05, 0.1) is 19.3 Å². The number of esters is 1. The smallest absolute Gasteiger partial charge is 0.305 e. The number of methoxy groups -OCH3 is 1. The Hall–Kier alpha value is -0.780. The molecular weight excluding hydrogens is 348 g/mol. The highest BCUT2D eigenvalue weighted by Gasteiger charge is 2.46. The van der Waals surface area contributed by atoms with Crippen LogP contribution < -0.4 is 0 Å². The summed E-state index contributed by atoms with van der Waals surface area (Å²) in [7, 11) is 1.43. The Morgan fingerprint density at radius 2 is 2.15 bits per heavy atom. The molecule has 3 aliphatic rings. The van der Waals surface area contributed by atoms with Crippen molar-refractivity contribution < 1.29 is 19.4 Å². The number of aliphatic hydroxyl groups is 1. The van der Waals surface area contributed by atoms with Crippen molar-refractivity contribution in [3.05, 3.63) is 24.3 Å². The topological polar surface area (TPSA) is 55.8 Å². The van der Waals surface area contributed by atoms with Gasteiger partial charge in [0.2, 0.25) is 0 Å². The van der Waals surface area contributed by atoms with Crippen LogP contribution in [-0.2, 0) is 14.3 Å². The normalized spacial score (nSPS) is 29.0. The minimum Gasteiger partial charge on any atom is -0.469 e. The van der Waals surface area contributed by atoms with E-state index in [1.54, 1.807) is 0 Å². The Balaban J connectivity index is 1.74. The molecular formula is C21H34O4S. The maximum atomic E-state index is 11.1. The summed E-state index contributed by atoms with van der Waals surface area (Å²) in [5.74, 6) is 0.333. The fraction of sp³-hybridized carbons (Fsp3) is 0.762. The zero-order chi connectivity index (χ0) is 18.8. The van der Waals surface area contributed by atoms with E-state index in [1.165, 1.54) is 20.0 Å². The second-order valence-electron chi connectivity index (χ2n) is 7.23. The van der Waals surface area contributed by atoms with Crippen LogP contribution in [-0.4, -0.2) is 41.1 Å². The van der Waals surface area contributed by atoms with E-state index in [-0.39, 0.29) is 18.2 Å². The van der Waals surface area contributed by atoms with Crippen molar-refractivity contribution in [3.63, 3.8) is 0 Å². The molecule has 5 heteroatoms. The number of fused-ring (bicyclic) bond motifs is 2. The lowest BCUT2D eigenvalue weighted by molar-refractivity contribution is -0.140. The molecule has 1 N–H and O–H groups in total. The first kappa shape index (κ1) is 21.5. The first-order chi connectivity index (χ1) is 12.6. The molecule has 3 saturated heterocycles.